The summed E-state index contributed by atoms with van der Waals surface area (Å²) in [4.78, 5) is 30.9. The molecule has 0 aliphatic rings. The largest absolute Gasteiger partial charge is 0.325 e. The van der Waals surface area contributed by atoms with E-state index in [4.69, 9.17) is 0 Å². The van der Waals surface area contributed by atoms with Gasteiger partial charge in [0.25, 0.3) is 0 Å². The number of pyridine rings is 1. The molecule has 0 unspecified atom stereocenters. The molecule has 0 saturated carbocycles. The molecule has 25 heavy (non-hydrogen) atoms. The Bertz CT molecular complexity index is 971. The van der Waals surface area contributed by atoms with Gasteiger partial charge in [-0.25, -0.2) is 4.98 Å². The molecule has 0 aromatic carbocycles. The quantitative estimate of drug-likeness (QED) is 0.709. The number of nitrogens with zero attached hydrogens (tertiary/aromatic N) is 3. The number of carbonyl (C=O) groups excluding carboxylic acids is 2. The predicted octanol–water partition coefficient (Wildman–Crippen LogP) is 3.56. The lowest BCUT2D eigenvalue weighted by atomic mass is 10.1. The Morgan fingerprint density at radius 2 is 1.96 bits per heavy atom. The number of anilines is 1. The van der Waals surface area contributed by atoms with Gasteiger partial charge in [0.05, 0.1) is 17.6 Å². The maximum absolute atomic E-state index is 12.3. The summed E-state index contributed by atoms with van der Waals surface area (Å²) in [5.74, 6) is -0.186. The average Bonchev–Trinajstić information content (AvgIpc) is 3.04. The molecule has 0 aliphatic heterocycles. The second-order valence-electron chi connectivity index (χ2n) is 6.10. The van der Waals surface area contributed by atoms with Crippen molar-refractivity contribution >= 4 is 39.7 Å². The second-order valence-corrected chi connectivity index (χ2v) is 7.56. The number of thiophene rings is 1. The molecule has 0 saturated heterocycles. The minimum atomic E-state index is -0.194. The van der Waals surface area contributed by atoms with E-state index < -0.39 is 0 Å². The van der Waals surface area contributed by atoms with Gasteiger partial charge >= 0.3 is 0 Å². The van der Waals surface area contributed by atoms with E-state index in [0.29, 0.717) is 5.69 Å². The molecule has 130 valence electrons. The Kier molecular flexibility index (Phi) is 4.67. The molecule has 3 rings (SSSR count). The molecule has 0 aliphatic carbocycles. The zero-order valence-corrected chi connectivity index (χ0v) is 15.5. The maximum Gasteiger partial charge on any atom is 0.224 e. The van der Waals surface area contributed by atoms with Gasteiger partial charge in [-0.2, -0.15) is 5.10 Å². The molecule has 0 bridgehead atoms. The van der Waals surface area contributed by atoms with Gasteiger partial charge < -0.3 is 5.32 Å². The lowest BCUT2D eigenvalue weighted by Gasteiger charge is -2.05. The Hall–Kier alpha value is -2.54. The fourth-order valence-corrected chi connectivity index (χ4v) is 3.81. The van der Waals surface area contributed by atoms with Crippen LogP contribution < -0.4 is 5.32 Å². The third-order valence-corrected chi connectivity index (χ3v) is 5.03. The zero-order valence-electron chi connectivity index (χ0n) is 14.7. The van der Waals surface area contributed by atoms with Crippen LogP contribution in [-0.4, -0.2) is 26.5 Å². The highest BCUT2D eigenvalue weighted by atomic mass is 32.1. The van der Waals surface area contributed by atoms with Crippen LogP contribution in [0.15, 0.2) is 18.3 Å². The van der Waals surface area contributed by atoms with E-state index in [1.54, 1.807) is 22.2 Å². The minimum absolute atomic E-state index is 0.00804. The molecule has 1 N–H and O–H groups in total. The van der Waals surface area contributed by atoms with Crippen molar-refractivity contribution in [3.05, 3.63) is 39.3 Å². The van der Waals surface area contributed by atoms with E-state index >= 15 is 0 Å². The maximum atomic E-state index is 12.3. The summed E-state index contributed by atoms with van der Waals surface area (Å²) < 4.78 is 1.71. The average molecular weight is 356 g/mol. The standard InChI is InChI=1S/C18H20N4O2S/c1-10-7-15(12(3)25-10)16(23)5-6-17(24)20-13-8-14-11(2)21-22(4)18(14)19-9-13/h7-9H,5-6H2,1-4H3,(H,20,24). The zero-order chi connectivity index (χ0) is 18.1. The van der Waals surface area contributed by atoms with Crippen molar-refractivity contribution in [3.63, 3.8) is 0 Å². The number of rotatable bonds is 5. The van der Waals surface area contributed by atoms with Crippen LogP contribution >= 0.6 is 11.3 Å². The molecule has 6 nitrogen and oxygen atoms in total. The van der Waals surface area contributed by atoms with Crippen LogP contribution in [0.1, 0.15) is 38.6 Å². The van der Waals surface area contributed by atoms with Gasteiger partial charge in [0.2, 0.25) is 5.91 Å². The van der Waals surface area contributed by atoms with Gasteiger partial charge in [-0.1, -0.05) is 0 Å². The van der Waals surface area contributed by atoms with E-state index in [9.17, 15) is 9.59 Å². The highest BCUT2D eigenvalue weighted by Crippen LogP contribution is 2.23. The SMILES string of the molecule is Cc1cc(C(=O)CCC(=O)Nc2cnc3c(c2)c(C)nn3C)c(C)s1. The number of hydrogen-bond donors (Lipinski definition) is 1. The van der Waals surface area contributed by atoms with Gasteiger partial charge in [-0.3, -0.25) is 14.3 Å². The molecular weight excluding hydrogens is 336 g/mol. The van der Waals surface area contributed by atoms with Crippen molar-refractivity contribution in [1.29, 1.82) is 0 Å². The third kappa shape index (κ3) is 3.61. The topological polar surface area (TPSA) is 76.9 Å². The summed E-state index contributed by atoms with van der Waals surface area (Å²) in [7, 11) is 1.83. The van der Waals surface area contributed by atoms with Crippen LogP contribution in [0.3, 0.4) is 0 Å². The normalized spacial score (nSPS) is 11.0. The summed E-state index contributed by atoms with van der Waals surface area (Å²) >= 11 is 1.60. The first kappa shape index (κ1) is 17.3. The highest BCUT2D eigenvalue weighted by molar-refractivity contribution is 7.12. The third-order valence-electron chi connectivity index (χ3n) is 4.07. The number of amides is 1. The minimum Gasteiger partial charge on any atom is -0.325 e. The molecule has 0 radical (unpaired) electrons. The first-order valence-electron chi connectivity index (χ1n) is 8.04. The van der Waals surface area contributed by atoms with Gasteiger partial charge in [-0.05, 0) is 32.9 Å². The Labute approximate surface area is 149 Å². The molecule has 1 amide bonds. The summed E-state index contributed by atoms with van der Waals surface area (Å²) in [6.45, 7) is 5.81. The van der Waals surface area contributed by atoms with Gasteiger partial charge in [-0.15, -0.1) is 11.3 Å². The van der Waals surface area contributed by atoms with Crippen LogP contribution in [-0.2, 0) is 11.8 Å². The van der Waals surface area contributed by atoms with E-state index in [1.807, 2.05) is 40.0 Å². The van der Waals surface area contributed by atoms with Crippen molar-refractivity contribution in [2.45, 2.75) is 33.6 Å². The Morgan fingerprint density at radius 1 is 1.20 bits per heavy atom. The predicted molar refractivity (Wildman–Crippen MR) is 99.2 cm³/mol. The van der Waals surface area contributed by atoms with Gasteiger partial charge in [0.15, 0.2) is 11.4 Å². The van der Waals surface area contributed by atoms with E-state index in [0.717, 1.165) is 32.0 Å². The summed E-state index contributed by atoms with van der Waals surface area (Å²) in [5, 5.41) is 8.02. The molecular formula is C18H20N4O2S. The van der Waals surface area contributed by atoms with Crippen molar-refractivity contribution < 1.29 is 9.59 Å². The number of hydrogen-bond acceptors (Lipinski definition) is 5. The monoisotopic (exact) mass is 356 g/mol. The number of nitrogens with one attached hydrogen (secondary N) is 1. The molecule has 0 fully saturated rings. The molecule has 3 aromatic heterocycles. The van der Waals surface area contributed by atoms with Crippen LogP contribution in [0, 0.1) is 20.8 Å². The number of Topliss-reactive ketones (excluding diaryl/α,β-unsaturated/α-hetero) is 1. The lowest BCUT2D eigenvalue weighted by molar-refractivity contribution is -0.116. The Morgan fingerprint density at radius 3 is 2.64 bits per heavy atom. The van der Waals surface area contributed by atoms with Crippen molar-refractivity contribution in [3.8, 4) is 0 Å². The molecule has 3 aromatic rings. The van der Waals surface area contributed by atoms with Crippen LogP contribution in [0.4, 0.5) is 5.69 Å². The molecule has 3 heterocycles. The second kappa shape index (κ2) is 6.76. The summed E-state index contributed by atoms with van der Waals surface area (Å²) in [6, 6.07) is 3.75. The summed E-state index contributed by atoms with van der Waals surface area (Å²) in [5.41, 5.74) is 2.97. The smallest absolute Gasteiger partial charge is 0.224 e. The number of aromatic nitrogens is 3. The number of fused-ring (bicyclic) bond motifs is 1. The van der Waals surface area contributed by atoms with E-state index in [2.05, 4.69) is 15.4 Å². The fraction of sp³-hybridized carbons (Fsp3) is 0.333. The van der Waals surface area contributed by atoms with Crippen LogP contribution in [0.5, 0.6) is 0 Å². The molecule has 7 heteroatoms. The van der Waals surface area contributed by atoms with Crippen molar-refractivity contribution in [2.75, 3.05) is 5.32 Å². The number of ketones is 1. The molecule has 0 atom stereocenters. The van der Waals surface area contributed by atoms with Crippen molar-refractivity contribution in [2.24, 2.45) is 7.05 Å². The van der Waals surface area contributed by atoms with Gasteiger partial charge in [0, 0.05) is 40.6 Å². The Balaban J connectivity index is 1.63. The van der Waals surface area contributed by atoms with Crippen LogP contribution in [0.2, 0.25) is 0 Å². The van der Waals surface area contributed by atoms with Crippen LogP contribution in [0.25, 0.3) is 11.0 Å². The fourth-order valence-electron chi connectivity index (χ4n) is 2.87. The molecule has 0 spiro atoms. The van der Waals surface area contributed by atoms with E-state index in [1.165, 1.54) is 0 Å². The van der Waals surface area contributed by atoms with Gasteiger partial charge in [0.1, 0.15) is 0 Å². The highest BCUT2D eigenvalue weighted by Gasteiger charge is 2.14. The first-order chi connectivity index (χ1) is 11.8. The first-order valence-corrected chi connectivity index (χ1v) is 8.86. The van der Waals surface area contributed by atoms with E-state index in [-0.39, 0.29) is 24.5 Å². The summed E-state index contributed by atoms with van der Waals surface area (Å²) in [6.07, 6.45) is 1.96. The van der Waals surface area contributed by atoms with Crippen molar-refractivity contribution in [1.82, 2.24) is 14.8 Å². The lowest BCUT2D eigenvalue weighted by Crippen LogP contribution is -2.13. The number of aryl methyl sites for hydroxylation is 4. The number of carbonyl (C=O) groups is 2.